The van der Waals surface area contributed by atoms with Crippen molar-refractivity contribution < 1.29 is 23.1 Å². The van der Waals surface area contributed by atoms with Gasteiger partial charge in [-0.3, -0.25) is 4.79 Å². The highest BCUT2D eigenvalue weighted by Crippen LogP contribution is 2.31. The number of furan rings is 1. The molecule has 146 valence electrons. The van der Waals surface area contributed by atoms with Gasteiger partial charge in [0.05, 0.1) is 20.8 Å². The van der Waals surface area contributed by atoms with Crippen molar-refractivity contribution in [3.05, 3.63) is 71.7 Å². The summed E-state index contributed by atoms with van der Waals surface area (Å²) in [6, 6.07) is 15.3. The molecule has 0 radical (unpaired) electrons. The lowest BCUT2D eigenvalue weighted by molar-refractivity contribution is -0.121. The second-order valence-electron chi connectivity index (χ2n) is 6.20. The highest BCUT2D eigenvalue weighted by Gasteiger charge is 2.12. The number of nitrogens with one attached hydrogen (secondary N) is 1. The van der Waals surface area contributed by atoms with Gasteiger partial charge in [0.1, 0.15) is 17.3 Å². The first-order chi connectivity index (χ1) is 13.6. The molecule has 0 spiro atoms. The van der Waals surface area contributed by atoms with Crippen LogP contribution in [0.15, 0.2) is 59.0 Å². The fourth-order valence-corrected chi connectivity index (χ4v) is 2.92. The fraction of sp³-hybridized carbons (Fsp3) is 0.227. The monoisotopic (exact) mass is 383 g/mol. The molecule has 0 aliphatic carbocycles. The van der Waals surface area contributed by atoms with E-state index in [1.165, 1.54) is 12.1 Å². The van der Waals surface area contributed by atoms with Gasteiger partial charge in [0.2, 0.25) is 5.91 Å². The highest BCUT2D eigenvalue weighted by molar-refractivity contribution is 5.76. The Balaban J connectivity index is 1.53. The van der Waals surface area contributed by atoms with Crippen LogP contribution in [-0.4, -0.2) is 20.1 Å². The van der Waals surface area contributed by atoms with E-state index in [0.29, 0.717) is 35.9 Å². The summed E-state index contributed by atoms with van der Waals surface area (Å²) in [5.41, 5.74) is 1.69. The molecule has 5 nitrogen and oxygen atoms in total. The Kier molecular flexibility index (Phi) is 6.32. The first-order valence-electron chi connectivity index (χ1n) is 8.92. The largest absolute Gasteiger partial charge is 0.493 e. The van der Waals surface area contributed by atoms with Crippen LogP contribution in [0.1, 0.15) is 17.7 Å². The van der Waals surface area contributed by atoms with E-state index in [2.05, 4.69) is 5.32 Å². The van der Waals surface area contributed by atoms with E-state index >= 15 is 0 Å². The Bertz CT molecular complexity index is 934. The van der Waals surface area contributed by atoms with Crippen molar-refractivity contribution in [3.63, 3.8) is 0 Å². The molecule has 1 aromatic heterocycles. The number of carbonyl (C=O) groups is 1. The summed E-state index contributed by atoms with van der Waals surface area (Å²) >= 11 is 0. The van der Waals surface area contributed by atoms with Crippen LogP contribution in [0.4, 0.5) is 4.39 Å². The molecule has 2 aromatic carbocycles. The molecule has 1 amide bonds. The number of ether oxygens (including phenoxy) is 2. The lowest BCUT2D eigenvalue weighted by atomic mass is 10.1. The number of rotatable bonds is 8. The number of methoxy groups -OCH3 is 2. The van der Waals surface area contributed by atoms with Crippen molar-refractivity contribution in [3.8, 4) is 22.8 Å². The van der Waals surface area contributed by atoms with Crippen LogP contribution >= 0.6 is 0 Å². The minimum absolute atomic E-state index is 0.0930. The Morgan fingerprint density at radius 2 is 1.82 bits per heavy atom. The molecule has 1 heterocycles. The third-order valence-corrected chi connectivity index (χ3v) is 4.36. The maximum Gasteiger partial charge on any atom is 0.220 e. The lowest BCUT2D eigenvalue weighted by Crippen LogP contribution is -2.22. The van der Waals surface area contributed by atoms with E-state index in [1.807, 2.05) is 18.2 Å². The van der Waals surface area contributed by atoms with Gasteiger partial charge >= 0.3 is 0 Å². The van der Waals surface area contributed by atoms with E-state index in [0.717, 1.165) is 11.1 Å². The standard InChI is InChI=1S/C22H22FNO4/c1-26-20-5-3-4-16(22(20)27-2)8-13-21(25)24-14-18-11-12-19(28-18)15-6-9-17(23)10-7-15/h3-7,9-12H,8,13-14H2,1-2H3,(H,24,25). The molecule has 0 saturated carbocycles. The second-order valence-corrected chi connectivity index (χ2v) is 6.20. The number of halogens is 1. The van der Waals surface area contributed by atoms with E-state index < -0.39 is 0 Å². The number of hydrogen-bond acceptors (Lipinski definition) is 4. The van der Waals surface area contributed by atoms with Crippen LogP contribution in [0.2, 0.25) is 0 Å². The van der Waals surface area contributed by atoms with Crippen molar-refractivity contribution in [2.75, 3.05) is 14.2 Å². The predicted octanol–water partition coefficient (Wildman–Crippen LogP) is 4.35. The predicted molar refractivity (Wildman–Crippen MR) is 104 cm³/mol. The smallest absolute Gasteiger partial charge is 0.220 e. The first-order valence-corrected chi connectivity index (χ1v) is 8.92. The maximum absolute atomic E-state index is 13.0. The first kappa shape index (κ1) is 19.5. The van der Waals surface area contributed by atoms with E-state index in [-0.39, 0.29) is 18.3 Å². The van der Waals surface area contributed by atoms with Gasteiger partial charge in [-0.1, -0.05) is 12.1 Å². The van der Waals surface area contributed by atoms with Crippen LogP contribution in [0.3, 0.4) is 0 Å². The number of aryl methyl sites for hydroxylation is 1. The third-order valence-electron chi connectivity index (χ3n) is 4.36. The quantitative estimate of drug-likeness (QED) is 0.628. The number of amides is 1. The Morgan fingerprint density at radius 3 is 2.54 bits per heavy atom. The summed E-state index contributed by atoms with van der Waals surface area (Å²) in [5, 5.41) is 2.84. The fourth-order valence-electron chi connectivity index (χ4n) is 2.92. The number of para-hydroxylation sites is 1. The van der Waals surface area contributed by atoms with Gasteiger partial charge in [0.15, 0.2) is 11.5 Å². The van der Waals surface area contributed by atoms with Gasteiger partial charge in [0.25, 0.3) is 0 Å². The van der Waals surface area contributed by atoms with Gasteiger partial charge in [0, 0.05) is 12.0 Å². The Labute approximate surface area is 163 Å². The van der Waals surface area contributed by atoms with Crippen molar-refractivity contribution in [2.45, 2.75) is 19.4 Å². The molecule has 1 N–H and O–H groups in total. The average molecular weight is 383 g/mol. The highest BCUT2D eigenvalue weighted by atomic mass is 19.1. The molecule has 0 saturated heterocycles. The van der Waals surface area contributed by atoms with Crippen molar-refractivity contribution >= 4 is 5.91 Å². The molecule has 0 fully saturated rings. The van der Waals surface area contributed by atoms with Crippen LogP contribution in [0.25, 0.3) is 11.3 Å². The normalized spacial score (nSPS) is 10.5. The third kappa shape index (κ3) is 4.71. The van der Waals surface area contributed by atoms with Gasteiger partial charge in [-0.2, -0.15) is 0 Å². The second kappa shape index (κ2) is 9.08. The molecular weight excluding hydrogens is 361 g/mol. The number of benzene rings is 2. The van der Waals surface area contributed by atoms with Gasteiger partial charge < -0.3 is 19.2 Å². The topological polar surface area (TPSA) is 60.7 Å². The molecule has 0 aliphatic rings. The zero-order valence-corrected chi connectivity index (χ0v) is 15.8. The van der Waals surface area contributed by atoms with E-state index in [1.54, 1.807) is 38.5 Å². The summed E-state index contributed by atoms with van der Waals surface area (Å²) in [6.07, 6.45) is 0.847. The Hall–Kier alpha value is -3.28. The summed E-state index contributed by atoms with van der Waals surface area (Å²) in [4.78, 5) is 12.2. The summed E-state index contributed by atoms with van der Waals surface area (Å²) in [6.45, 7) is 0.287. The minimum atomic E-state index is -0.296. The van der Waals surface area contributed by atoms with Gasteiger partial charge in [-0.05, 0) is 54.4 Å². The molecule has 0 aliphatic heterocycles. The molecular formula is C22H22FNO4. The molecule has 28 heavy (non-hydrogen) atoms. The molecule has 6 heteroatoms. The zero-order chi connectivity index (χ0) is 19.9. The summed E-state index contributed by atoms with van der Waals surface area (Å²) in [7, 11) is 3.16. The number of hydrogen-bond donors (Lipinski definition) is 1. The molecule has 0 bridgehead atoms. The maximum atomic E-state index is 13.0. The zero-order valence-electron chi connectivity index (χ0n) is 15.8. The minimum Gasteiger partial charge on any atom is -0.493 e. The molecule has 3 aromatic rings. The van der Waals surface area contributed by atoms with E-state index in [9.17, 15) is 9.18 Å². The van der Waals surface area contributed by atoms with Gasteiger partial charge in [-0.15, -0.1) is 0 Å². The Morgan fingerprint density at radius 1 is 1.04 bits per heavy atom. The van der Waals surface area contributed by atoms with E-state index in [4.69, 9.17) is 13.9 Å². The van der Waals surface area contributed by atoms with Crippen molar-refractivity contribution in [1.82, 2.24) is 5.32 Å². The van der Waals surface area contributed by atoms with Gasteiger partial charge in [-0.25, -0.2) is 4.39 Å². The molecule has 0 atom stereocenters. The van der Waals surface area contributed by atoms with Crippen LogP contribution in [0, 0.1) is 5.82 Å². The number of carbonyl (C=O) groups excluding carboxylic acids is 1. The molecule has 0 unspecified atom stereocenters. The van der Waals surface area contributed by atoms with Crippen LogP contribution < -0.4 is 14.8 Å². The van der Waals surface area contributed by atoms with Crippen molar-refractivity contribution in [2.24, 2.45) is 0 Å². The summed E-state index contributed by atoms with van der Waals surface area (Å²) in [5.74, 6) is 2.16. The van der Waals surface area contributed by atoms with Crippen LogP contribution in [-0.2, 0) is 17.8 Å². The summed E-state index contributed by atoms with van der Waals surface area (Å²) < 4.78 is 29.4. The molecule has 3 rings (SSSR count). The van der Waals surface area contributed by atoms with Crippen molar-refractivity contribution in [1.29, 1.82) is 0 Å². The lowest BCUT2D eigenvalue weighted by Gasteiger charge is -2.12. The SMILES string of the molecule is COc1cccc(CCC(=O)NCc2ccc(-c3ccc(F)cc3)o2)c1OC. The van der Waals surface area contributed by atoms with Crippen LogP contribution in [0.5, 0.6) is 11.5 Å². The average Bonchev–Trinajstić information content (AvgIpc) is 3.19.